The van der Waals surface area contributed by atoms with Crippen molar-refractivity contribution in [2.75, 3.05) is 26.2 Å². The Morgan fingerprint density at radius 1 is 1.47 bits per heavy atom. The van der Waals surface area contributed by atoms with Gasteiger partial charge in [0.05, 0.1) is 22.3 Å². The Bertz CT molecular complexity index is 401. The van der Waals surface area contributed by atoms with Gasteiger partial charge in [-0.1, -0.05) is 0 Å². The Hall–Kier alpha value is 0.0700. The van der Waals surface area contributed by atoms with Crippen LogP contribution in [0.4, 0.5) is 0 Å². The second kappa shape index (κ2) is 6.30. The lowest BCUT2D eigenvalue weighted by atomic mass is 10.1. The van der Waals surface area contributed by atoms with Gasteiger partial charge in [0.2, 0.25) is 0 Å². The maximum absolute atomic E-state index is 8.99. The van der Waals surface area contributed by atoms with Crippen LogP contribution in [0, 0.1) is 11.3 Å². The van der Waals surface area contributed by atoms with E-state index >= 15 is 0 Å². The lowest BCUT2D eigenvalue weighted by molar-refractivity contribution is 0.178. The molecule has 1 aliphatic heterocycles. The van der Waals surface area contributed by atoms with E-state index in [2.05, 4.69) is 54.2 Å². The van der Waals surface area contributed by atoms with Gasteiger partial charge in [0.15, 0.2) is 0 Å². The van der Waals surface area contributed by atoms with Gasteiger partial charge in [-0.05, 0) is 37.9 Å². The van der Waals surface area contributed by atoms with Crippen molar-refractivity contribution in [1.29, 1.82) is 5.26 Å². The first-order valence-corrected chi connectivity index (χ1v) is 7.89. The molecule has 3 nitrogen and oxygen atoms in total. The van der Waals surface area contributed by atoms with Crippen LogP contribution in [0.25, 0.3) is 0 Å². The van der Waals surface area contributed by atoms with E-state index in [1.165, 1.54) is 4.88 Å². The minimum Gasteiger partial charge on any atom is -0.314 e. The second-order valence-electron chi connectivity index (χ2n) is 3.93. The Labute approximate surface area is 122 Å². The maximum atomic E-state index is 8.99. The van der Waals surface area contributed by atoms with Crippen molar-refractivity contribution < 1.29 is 0 Å². The first-order valence-electron chi connectivity index (χ1n) is 5.49. The van der Waals surface area contributed by atoms with Gasteiger partial charge in [0, 0.05) is 35.5 Å². The summed E-state index contributed by atoms with van der Waals surface area (Å²) in [6.45, 7) is 4.05. The molecule has 0 aromatic carbocycles. The molecule has 1 aromatic rings. The van der Waals surface area contributed by atoms with Crippen LogP contribution in [0.3, 0.4) is 0 Å². The fraction of sp³-hybridized carbons (Fsp3) is 0.545. The van der Waals surface area contributed by atoms with Crippen LogP contribution in [-0.4, -0.2) is 31.1 Å². The maximum Gasteiger partial charge on any atom is 0.0843 e. The van der Waals surface area contributed by atoms with Gasteiger partial charge in [0.1, 0.15) is 0 Å². The zero-order valence-electron chi connectivity index (χ0n) is 9.25. The molecule has 0 aliphatic carbocycles. The number of hydrogen-bond donors (Lipinski definition) is 1. The van der Waals surface area contributed by atoms with Crippen molar-refractivity contribution >= 4 is 43.2 Å². The molecule has 1 aliphatic rings. The zero-order chi connectivity index (χ0) is 12.3. The standard InChI is InChI=1S/C11H13Br2N3S/c12-8-7-10(17-11(8)13)9(1-2-14)16-5-3-15-4-6-16/h7,9,15H,1,3-6H2/t9-/m0/s1. The van der Waals surface area contributed by atoms with Crippen LogP contribution in [0.15, 0.2) is 14.3 Å². The summed E-state index contributed by atoms with van der Waals surface area (Å²) in [7, 11) is 0. The average Bonchev–Trinajstić information content (AvgIpc) is 2.67. The number of halogens is 2. The number of piperazine rings is 1. The normalized spacial score (nSPS) is 18.9. The summed E-state index contributed by atoms with van der Waals surface area (Å²) in [5, 5.41) is 12.3. The molecule has 17 heavy (non-hydrogen) atoms. The molecule has 0 spiro atoms. The van der Waals surface area contributed by atoms with E-state index < -0.39 is 0 Å². The van der Waals surface area contributed by atoms with Crippen LogP contribution in [-0.2, 0) is 0 Å². The number of nitrogens with zero attached hydrogens (tertiary/aromatic N) is 2. The fourth-order valence-electron chi connectivity index (χ4n) is 2.02. The summed E-state index contributed by atoms with van der Waals surface area (Å²) in [6, 6.07) is 4.66. The van der Waals surface area contributed by atoms with Crippen LogP contribution >= 0.6 is 43.2 Å². The van der Waals surface area contributed by atoms with Crippen molar-refractivity contribution in [3.8, 4) is 6.07 Å². The first kappa shape index (κ1) is 13.5. The predicted molar refractivity (Wildman–Crippen MR) is 77.1 cm³/mol. The quantitative estimate of drug-likeness (QED) is 0.878. The number of thiophene rings is 1. The number of nitrogens with one attached hydrogen (secondary N) is 1. The van der Waals surface area contributed by atoms with E-state index in [0.29, 0.717) is 6.42 Å². The van der Waals surface area contributed by atoms with Crippen molar-refractivity contribution in [2.24, 2.45) is 0 Å². The molecule has 1 N–H and O–H groups in total. The molecule has 1 fully saturated rings. The lowest BCUT2D eigenvalue weighted by Crippen LogP contribution is -2.44. The molecule has 0 amide bonds. The van der Waals surface area contributed by atoms with Gasteiger partial charge in [0.25, 0.3) is 0 Å². The van der Waals surface area contributed by atoms with Gasteiger partial charge in [-0.25, -0.2) is 0 Å². The molecule has 2 heterocycles. The summed E-state index contributed by atoms with van der Waals surface area (Å²) >= 11 is 8.74. The Balaban J connectivity index is 2.18. The highest BCUT2D eigenvalue weighted by atomic mass is 79.9. The van der Waals surface area contributed by atoms with E-state index in [9.17, 15) is 0 Å². The molecular formula is C11H13Br2N3S. The molecule has 1 saturated heterocycles. The third kappa shape index (κ3) is 3.30. The Morgan fingerprint density at radius 3 is 2.71 bits per heavy atom. The monoisotopic (exact) mass is 377 g/mol. The lowest BCUT2D eigenvalue weighted by Gasteiger charge is -2.33. The highest BCUT2D eigenvalue weighted by Gasteiger charge is 2.24. The highest BCUT2D eigenvalue weighted by Crippen LogP contribution is 2.38. The topological polar surface area (TPSA) is 39.1 Å². The van der Waals surface area contributed by atoms with E-state index in [-0.39, 0.29) is 6.04 Å². The molecule has 0 bridgehead atoms. The number of hydrogen-bond acceptors (Lipinski definition) is 4. The molecular weight excluding hydrogens is 366 g/mol. The highest BCUT2D eigenvalue weighted by molar-refractivity contribution is 9.13. The average molecular weight is 379 g/mol. The SMILES string of the molecule is N#CC[C@@H](c1cc(Br)c(Br)s1)N1CCNCC1. The smallest absolute Gasteiger partial charge is 0.0843 e. The van der Waals surface area contributed by atoms with Gasteiger partial charge >= 0.3 is 0 Å². The van der Waals surface area contributed by atoms with Crippen molar-refractivity contribution in [1.82, 2.24) is 10.2 Å². The first-order chi connectivity index (χ1) is 8.22. The van der Waals surface area contributed by atoms with Crippen LogP contribution in [0.1, 0.15) is 17.3 Å². The molecule has 0 radical (unpaired) electrons. The van der Waals surface area contributed by atoms with Crippen molar-refractivity contribution in [3.05, 3.63) is 19.2 Å². The number of nitriles is 1. The molecule has 6 heteroatoms. The van der Waals surface area contributed by atoms with Gasteiger partial charge in [-0.3, -0.25) is 4.90 Å². The van der Waals surface area contributed by atoms with Crippen molar-refractivity contribution in [3.63, 3.8) is 0 Å². The molecule has 1 atom stereocenters. The van der Waals surface area contributed by atoms with Gasteiger partial charge in [-0.15, -0.1) is 11.3 Å². The summed E-state index contributed by atoms with van der Waals surface area (Å²) in [5.74, 6) is 0. The zero-order valence-corrected chi connectivity index (χ0v) is 13.2. The van der Waals surface area contributed by atoms with E-state index in [4.69, 9.17) is 5.26 Å². The number of rotatable bonds is 3. The summed E-state index contributed by atoms with van der Waals surface area (Å²) in [6.07, 6.45) is 0.555. The van der Waals surface area contributed by atoms with Gasteiger partial charge < -0.3 is 5.32 Å². The van der Waals surface area contributed by atoms with E-state index in [0.717, 1.165) is 34.4 Å². The molecule has 2 rings (SSSR count). The molecule has 0 saturated carbocycles. The third-order valence-corrected chi connectivity index (χ3v) is 6.23. The van der Waals surface area contributed by atoms with Crippen LogP contribution in [0.2, 0.25) is 0 Å². The third-order valence-electron chi connectivity index (χ3n) is 2.87. The largest absolute Gasteiger partial charge is 0.314 e. The summed E-state index contributed by atoms with van der Waals surface area (Å²) in [4.78, 5) is 3.65. The minimum absolute atomic E-state index is 0.231. The van der Waals surface area contributed by atoms with Crippen LogP contribution in [0.5, 0.6) is 0 Å². The molecule has 0 unspecified atom stereocenters. The van der Waals surface area contributed by atoms with E-state index in [1.54, 1.807) is 11.3 Å². The van der Waals surface area contributed by atoms with E-state index in [1.807, 2.05) is 0 Å². The Morgan fingerprint density at radius 2 is 2.18 bits per heavy atom. The summed E-state index contributed by atoms with van der Waals surface area (Å²) < 4.78 is 2.18. The van der Waals surface area contributed by atoms with Crippen molar-refractivity contribution in [2.45, 2.75) is 12.5 Å². The second-order valence-corrected chi connectivity index (χ2v) is 7.19. The minimum atomic E-state index is 0.231. The van der Waals surface area contributed by atoms with Crippen LogP contribution < -0.4 is 5.32 Å². The van der Waals surface area contributed by atoms with Gasteiger partial charge in [-0.2, -0.15) is 5.26 Å². The molecule has 1 aromatic heterocycles. The predicted octanol–water partition coefficient (Wildman–Crippen LogP) is 3.13. The molecule has 92 valence electrons. The summed E-state index contributed by atoms with van der Waals surface area (Å²) in [5.41, 5.74) is 0. The fourth-order valence-corrected chi connectivity index (χ4v) is 4.24. The Kier molecular flexibility index (Phi) is 5.00.